The first-order valence-electron chi connectivity index (χ1n) is 9.44. The van der Waals surface area contributed by atoms with E-state index in [9.17, 15) is 18.0 Å². The lowest BCUT2D eigenvalue weighted by Crippen LogP contribution is -2.25. The van der Waals surface area contributed by atoms with Gasteiger partial charge in [0.25, 0.3) is 5.91 Å². The second kappa shape index (κ2) is 9.17. The highest BCUT2D eigenvalue weighted by atomic mass is 32.1. The number of benzene rings is 2. The van der Waals surface area contributed by atoms with Gasteiger partial charge >= 0.3 is 6.36 Å². The lowest BCUT2D eigenvalue weighted by molar-refractivity contribution is -0.274. The zero-order valence-electron chi connectivity index (χ0n) is 16.7. The summed E-state index contributed by atoms with van der Waals surface area (Å²) in [6, 6.07) is 14.4. The summed E-state index contributed by atoms with van der Waals surface area (Å²) in [5.74, 6) is -1.26. The summed E-state index contributed by atoms with van der Waals surface area (Å²) < 4.78 is 43.5. The van der Waals surface area contributed by atoms with Crippen molar-refractivity contribution in [2.75, 3.05) is 0 Å². The Bertz CT molecular complexity index is 1280. The summed E-state index contributed by atoms with van der Waals surface area (Å²) >= 11 is 5.28. The predicted octanol–water partition coefficient (Wildman–Crippen LogP) is 5.40. The lowest BCUT2D eigenvalue weighted by Gasteiger charge is -2.12. The van der Waals surface area contributed by atoms with E-state index in [1.54, 1.807) is 10.6 Å². The SMILES string of the molecule is CC.O=C(NCc1cc2c3ccccc3nc(=S)n2[nH]1)c1ccccc1OC(F)(F)F. The van der Waals surface area contributed by atoms with Crippen molar-refractivity contribution in [2.45, 2.75) is 26.8 Å². The van der Waals surface area contributed by atoms with Crippen LogP contribution in [0.1, 0.15) is 29.9 Å². The molecule has 2 aromatic carbocycles. The number of para-hydroxylation sites is 2. The van der Waals surface area contributed by atoms with Crippen LogP contribution in [-0.2, 0) is 6.54 Å². The number of alkyl halides is 3. The number of fused-ring (bicyclic) bond motifs is 3. The third-order valence-corrected chi connectivity index (χ3v) is 4.47. The zero-order valence-corrected chi connectivity index (χ0v) is 17.5. The van der Waals surface area contributed by atoms with Crippen molar-refractivity contribution in [1.29, 1.82) is 0 Å². The Morgan fingerprint density at radius 1 is 1.16 bits per heavy atom. The Morgan fingerprint density at radius 3 is 2.58 bits per heavy atom. The maximum Gasteiger partial charge on any atom is 0.573 e. The molecule has 0 fully saturated rings. The van der Waals surface area contributed by atoms with Gasteiger partial charge in [-0.15, -0.1) is 13.2 Å². The number of halogens is 3. The Hall–Kier alpha value is -3.40. The first-order chi connectivity index (χ1) is 14.8. The van der Waals surface area contributed by atoms with E-state index in [2.05, 4.69) is 20.1 Å². The lowest BCUT2D eigenvalue weighted by atomic mass is 10.2. The molecule has 0 aliphatic carbocycles. The molecule has 162 valence electrons. The number of carbonyl (C=O) groups is 1. The number of carbonyl (C=O) groups excluding carboxylic acids is 1. The highest BCUT2D eigenvalue weighted by molar-refractivity contribution is 7.71. The molecule has 10 heteroatoms. The third-order valence-electron chi connectivity index (χ3n) is 4.19. The molecule has 0 unspecified atom stereocenters. The van der Waals surface area contributed by atoms with E-state index in [0.29, 0.717) is 10.5 Å². The first-order valence-corrected chi connectivity index (χ1v) is 9.85. The maximum atomic E-state index is 12.5. The fraction of sp³-hybridized carbons (Fsp3) is 0.190. The van der Waals surface area contributed by atoms with Crippen LogP contribution in [0.15, 0.2) is 54.6 Å². The van der Waals surface area contributed by atoms with Crippen molar-refractivity contribution < 1.29 is 22.7 Å². The van der Waals surface area contributed by atoms with Gasteiger partial charge in [-0.25, -0.2) is 9.50 Å². The number of ether oxygens (including phenoxy) is 1. The van der Waals surface area contributed by atoms with Crippen molar-refractivity contribution in [1.82, 2.24) is 19.9 Å². The number of hydrogen-bond acceptors (Lipinski definition) is 4. The summed E-state index contributed by atoms with van der Waals surface area (Å²) in [5, 5.41) is 6.50. The molecule has 2 aromatic heterocycles. The zero-order chi connectivity index (χ0) is 22.6. The topological polar surface area (TPSA) is 71.4 Å². The molecule has 6 nitrogen and oxygen atoms in total. The quantitative estimate of drug-likeness (QED) is 0.410. The van der Waals surface area contributed by atoms with Gasteiger partial charge in [-0.2, -0.15) is 0 Å². The Labute approximate surface area is 180 Å². The number of rotatable bonds is 4. The smallest absolute Gasteiger partial charge is 0.405 e. The Balaban J connectivity index is 0.00000132. The van der Waals surface area contributed by atoms with Crippen molar-refractivity contribution >= 4 is 34.5 Å². The van der Waals surface area contributed by atoms with Gasteiger partial charge in [0.05, 0.1) is 28.8 Å². The van der Waals surface area contributed by atoms with Crippen LogP contribution >= 0.6 is 12.2 Å². The standard InChI is InChI=1S/C19H13F3N4O2S.C2H6/c20-19(21,22)28-16-8-4-2-6-13(16)17(27)23-10-11-9-15-12-5-1-3-7-14(12)24-18(29)26(15)25-11;1-2/h1-9,25H,10H2,(H,23,27);1-2H3. The summed E-state index contributed by atoms with van der Waals surface area (Å²) in [7, 11) is 0. The number of nitrogens with zero attached hydrogens (tertiary/aromatic N) is 2. The number of hydrogen-bond donors (Lipinski definition) is 2. The molecule has 2 heterocycles. The molecule has 0 saturated carbocycles. The van der Waals surface area contributed by atoms with Crippen LogP contribution in [0.5, 0.6) is 5.75 Å². The highest BCUT2D eigenvalue weighted by Crippen LogP contribution is 2.26. The fourth-order valence-corrected chi connectivity index (χ4v) is 3.23. The van der Waals surface area contributed by atoms with Crippen LogP contribution in [0.2, 0.25) is 0 Å². The van der Waals surface area contributed by atoms with Gasteiger partial charge in [0.1, 0.15) is 5.75 Å². The molecule has 1 amide bonds. The molecule has 0 spiro atoms. The van der Waals surface area contributed by atoms with Crippen LogP contribution in [0.4, 0.5) is 13.2 Å². The highest BCUT2D eigenvalue weighted by Gasteiger charge is 2.32. The van der Waals surface area contributed by atoms with Crippen LogP contribution in [0.25, 0.3) is 16.4 Å². The average molecular weight is 448 g/mol. The van der Waals surface area contributed by atoms with E-state index in [1.807, 2.05) is 38.1 Å². The van der Waals surface area contributed by atoms with Gasteiger partial charge in [-0.3, -0.25) is 9.89 Å². The molecule has 0 saturated heterocycles. The molecule has 2 N–H and O–H groups in total. The van der Waals surface area contributed by atoms with Crippen LogP contribution < -0.4 is 10.1 Å². The normalized spacial score (nSPS) is 11.1. The predicted molar refractivity (Wildman–Crippen MR) is 114 cm³/mol. The summed E-state index contributed by atoms with van der Waals surface area (Å²) in [4.78, 5) is 16.7. The van der Waals surface area contributed by atoms with Gasteiger partial charge in [-0.05, 0) is 36.5 Å². The number of aromatic amines is 1. The van der Waals surface area contributed by atoms with E-state index < -0.39 is 18.0 Å². The number of H-pyrrole nitrogens is 1. The molecule has 4 aromatic rings. The third kappa shape index (κ3) is 5.02. The van der Waals surface area contributed by atoms with E-state index >= 15 is 0 Å². The largest absolute Gasteiger partial charge is 0.573 e. The molecular formula is C21H19F3N4O2S. The molecule has 0 radical (unpaired) electrons. The van der Waals surface area contributed by atoms with Crippen molar-refractivity contribution in [2.24, 2.45) is 0 Å². The second-order valence-electron chi connectivity index (χ2n) is 6.14. The van der Waals surface area contributed by atoms with Gasteiger partial charge in [0.15, 0.2) is 0 Å². The molecule has 0 aliphatic rings. The average Bonchev–Trinajstić information content (AvgIpc) is 3.18. The van der Waals surface area contributed by atoms with E-state index in [0.717, 1.165) is 22.5 Å². The molecule has 4 rings (SSSR count). The van der Waals surface area contributed by atoms with E-state index in [-0.39, 0.29) is 12.1 Å². The number of amides is 1. The van der Waals surface area contributed by atoms with Crippen molar-refractivity contribution in [3.63, 3.8) is 0 Å². The molecule has 31 heavy (non-hydrogen) atoms. The fourth-order valence-electron chi connectivity index (χ4n) is 2.98. The monoisotopic (exact) mass is 448 g/mol. The summed E-state index contributed by atoms with van der Waals surface area (Å²) in [6.07, 6.45) is -4.89. The molecule has 0 aliphatic heterocycles. The second-order valence-corrected chi connectivity index (χ2v) is 6.51. The van der Waals surface area contributed by atoms with Gasteiger partial charge in [0, 0.05) is 5.39 Å². The van der Waals surface area contributed by atoms with Crippen molar-refractivity contribution in [3.8, 4) is 5.75 Å². The Morgan fingerprint density at radius 2 is 1.84 bits per heavy atom. The van der Waals surface area contributed by atoms with Gasteiger partial charge < -0.3 is 10.1 Å². The number of aromatic nitrogens is 3. The Kier molecular flexibility index (Phi) is 6.59. The minimum atomic E-state index is -4.89. The minimum absolute atomic E-state index is 0.0456. The van der Waals surface area contributed by atoms with Crippen LogP contribution in [-0.4, -0.2) is 26.9 Å². The first kappa shape index (κ1) is 22.3. The molecular weight excluding hydrogens is 429 g/mol. The summed E-state index contributed by atoms with van der Waals surface area (Å²) in [5.41, 5.74) is 1.91. The molecule has 0 atom stereocenters. The van der Waals surface area contributed by atoms with Crippen molar-refractivity contribution in [3.05, 3.63) is 70.6 Å². The molecule has 0 bridgehead atoms. The van der Waals surface area contributed by atoms with E-state index in [1.165, 1.54) is 18.2 Å². The minimum Gasteiger partial charge on any atom is -0.405 e. The van der Waals surface area contributed by atoms with Crippen LogP contribution in [0, 0.1) is 4.77 Å². The van der Waals surface area contributed by atoms with E-state index in [4.69, 9.17) is 12.2 Å². The van der Waals surface area contributed by atoms with Gasteiger partial charge in [0.2, 0.25) is 4.77 Å². The maximum absolute atomic E-state index is 12.5. The number of nitrogens with one attached hydrogen (secondary N) is 2. The summed E-state index contributed by atoms with van der Waals surface area (Å²) in [6.45, 7) is 4.05. The van der Waals surface area contributed by atoms with Crippen LogP contribution in [0.3, 0.4) is 0 Å². The van der Waals surface area contributed by atoms with Gasteiger partial charge in [-0.1, -0.05) is 44.2 Å².